The molecule has 3 aromatic rings. The highest BCUT2D eigenvalue weighted by Crippen LogP contribution is 2.37. The molecule has 0 fully saturated rings. The van der Waals surface area contributed by atoms with Gasteiger partial charge < -0.3 is 19.9 Å². The number of methoxy groups -OCH3 is 1. The van der Waals surface area contributed by atoms with E-state index in [4.69, 9.17) is 14.6 Å². The summed E-state index contributed by atoms with van der Waals surface area (Å²) < 4.78 is 63.5. The fourth-order valence-corrected chi connectivity index (χ4v) is 3.38. The molecule has 0 aromatic heterocycles. The number of alkyl halides is 3. The summed E-state index contributed by atoms with van der Waals surface area (Å²) in [5, 5.41) is 11.5. The van der Waals surface area contributed by atoms with Gasteiger partial charge in [-0.25, -0.2) is 9.18 Å². The molecule has 0 bridgehead atoms. The molecule has 0 saturated heterocycles. The molecule has 2 N–H and O–H groups in total. The van der Waals surface area contributed by atoms with Gasteiger partial charge in [-0.05, 0) is 58.7 Å². The lowest BCUT2D eigenvalue weighted by Gasteiger charge is -2.17. The largest absolute Gasteiger partial charge is 0.496 e. The van der Waals surface area contributed by atoms with Gasteiger partial charge in [-0.3, -0.25) is 4.79 Å². The molecular formula is C25H21F4NO5. The molecule has 0 aliphatic rings. The predicted octanol–water partition coefficient (Wildman–Crippen LogP) is 5.57. The SMILES string of the molecule is COc1ccc(CC(=O)O)cc1-c1ccc(C(F)(F)F)cc1CNC(=O)OCc1ccc(F)cc1. The molecule has 3 rings (SSSR count). The van der Waals surface area contributed by atoms with Crippen LogP contribution >= 0.6 is 0 Å². The summed E-state index contributed by atoms with van der Waals surface area (Å²) in [4.78, 5) is 23.3. The van der Waals surface area contributed by atoms with Gasteiger partial charge in [0.25, 0.3) is 0 Å². The van der Waals surface area contributed by atoms with Gasteiger partial charge in [0.05, 0.1) is 19.1 Å². The molecule has 1 amide bonds. The Hall–Kier alpha value is -4.08. The molecule has 0 unspecified atom stereocenters. The van der Waals surface area contributed by atoms with Crippen molar-refractivity contribution in [3.05, 3.63) is 88.7 Å². The molecule has 184 valence electrons. The highest BCUT2D eigenvalue weighted by molar-refractivity contribution is 5.77. The second-order valence-electron chi connectivity index (χ2n) is 7.53. The second-order valence-corrected chi connectivity index (χ2v) is 7.53. The van der Waals surface area contributed by atoms with Gasteiger partial charge in [0.2, 0.25) is 0 Å². The van der Waals surface area contributed by atoms with Crippen molar-refractivity contribution in [2.24, 2.45) is 0 Å². The summed E-state index contributed by atoms with van der Waals surface area (Å²) in [6.45, 7) is -0.472. The number of carbonyl (C=O) groups is 2. The third-order valence-electron chi connectivity index (χ3n) is 5.05. The van der Waals surface area contributed by atoms with E-state index in [1.165, 1.54) is 49.6 Å². The van der Waals surface area contributed by atoms with Crippen molar-refractivity contribution < 1.29 is 41.7 Å². The minimum atomic E-state index is -4.62. The first-order valence-corrected chi connectivity index (χ1v) is 10.3. The molecule has 0 radical (unpaired) electrons. The Labute approximate surface area is 198 Å². The quantitative estimate of drug-likeness (QED) is 0.403. The number of carbonyl (C=O) groups excluding carboxylic acids is 1. The van der Waals surface area contributed by atoms with E-state index in [1.54, 1.807) is 6.07 Å². The van der Waals surface area contributed by atoms with Crippen molar-refractivity contribution in [2.75, 3.05) is 7.11 Å². The predicted molar refractivity (Wildman–Crippen MR) is 118 cm³/mol. The minimum Gasteiger partial charge on any atom is -0.496 e. The average molecular weight is 491 g/mol. The molecule has 0 saturated carbocycles. The van der Waals surface area contributed by atoms with E-state index in [-0.39, 0.29) is 25.1 Å². The van der Waals surface area contributed by atoms with Crippen LogP contribution in [-0.4, -0.2) is 24.3 Å². The Morgan fingerprint density at radius 1 is 0.943 bits per heavy atom. The number of alkyl carbamates (subject to hydrolysis) is 1. The van der Waals surface area contributed by atoms with Crippen LogP contribution in [0, 0.1) is 5.82 Å². The van der Waals surface area contributed by atoms with Gasteiger partial charge in [-0.2, -0.15) is 13.2 Å². The summed E-state index contributed by atoms with van der Waals surface area (Å²) in [7, 11) is 1.38. The van der Waals surface area contributed by atoms with E-state index < -0.39 is 29.6 Å². The van der Waals surface area contributed by atoms with E-state index >= 15 is 0 Å². The van der Waals surface area contributed by atoms with Crippen LogP contribution in [0.15, 0.2) is 60.7 Å². The summed E-state index contributed by atoms with van der Waals surface area (Å²) >= 11 is 0. The Morgan fingerprint density at radius 3 is 2.26 bits per heavy atom. The van der Waals surface area contributed by atoms with Crippen LogP contribution in [0.4, 0.5) is 22.4 Å². The molecule has 35 heavy (non-hydrogen) atoms. The molecule has 10 heteroatoms. The normalized spacial score (nSPS) is 11.1. The van der Waals surface area contributed by atoms with E-state index in [9.17, 15) is 27.2 Å². The third-order valence-corrected chi connectivity index (χ3v) is 5.05. The smallest absolute Gasteiger partial charge is 0.416 e. The Morgan fingerprint density at radius 2 is 1.63 bits per heavy atom. The molecule has 0 atom stereocenters. The van der Waals surface area contributed by atoms with Gasteiger partial charge in [-0.1, -0.05) is 24.3 Å². The molecule has 0 aliphatic heterocycles. The fourth-order valence-electron chi connectivity index (χ4n) is 3.38. The van der Waals surface area contributed by atoms with Crippen molar-refractivity contribution in [1.29, 1.82) is 0 Å². The minimum absolute atomic E-state index is 0.115. The molecule has 6 nitrogen and oxygen atoms in total. The van der Waals surface area contributed by atoms with E-state index in [0.29, 0.717) is 28.0 Å². The number of hydrogen-bond donors (Lipinski definition) is 2. The van der Waals surface area contributed by atoms with Gasteiger partial charge >= 0.3 is 18.2 Å². The number of carboxylic acid groups (broad SMARTS) is 1. The van der Waals surface area contributed by atoms with Gasteiger partial charge in [0, 0.05) is 12.1 Å². The van der Waals surface area contributed by atoms with E-state index in [2.05, 4.69) is 5.32 Å². The zero-order valence-corrected chi connectivity index (χ0v) is 18.5. The molecular weight excluding hydrogens is 470 g/mol. The van der Waals surface area contributed by atoms with Crippen molar-refractivity contribution >= 4 is 12.1 Å². The molecule has 0 heterocycles. The van der Waals surface area contributed by atoms with Gasteiger partial charge in [0.1, 0.15) is 18.2 Å². The van der Waals surface area contributed by atoms with Crippen LogP contribution in [0.2, 0.25) is 0 Å². The van der Waals surface area contributed by atoms with Crippen molar-refractivity contribution in [2.45, 2.75) is 25.7 Å². The van der Waals surface area contributed by atoms with Crippen LogP contribution in [0.5, 0.6) is 5.75 Å². The number of aliphatic carboxylic acids is 1. The fraction of sp³-hybridized carbons (Fsp3) is 0.200. The van der Waals surface area contributed by atoms with Crippen LogP contribution in [0.25, 0.3) is 11.1 Å². The lowest BCUT2D eigenvalue weighted by atomic mass is 9.94. The molecule has 0 aliphatic carbocycles. The highest BCUT2D eigenvalue weighted by Gasteiger charge is 2.31. The number of halogens is 4. The standard InChI is InChI=1S/C25H21F4NO5/c1-34-22-9-4-16(11-23(31)32)10-21(22)20-8-5-18(25(27,28)29)12-17(20)13-30-24(33)35-14-15-2-6-19(26)7-3-15/h2-10,12H,11,13-14H2,1H3,(H,30,33)(H,31,32). The first-order chi connectivity index (χ1) is 16.6. The van der Waals surface area contributed by atoms with E-state index in [0.717, 1.165) is 12.1 Å². The van der Waals surface area contributed by atoms with Crippen LogP contribution < -0.4 is 10.1 Å². The lowest BCUT2D eigenvalue weighted by Crippen LogP contribution is -2.24. The number of ether oxygens (including phenoxy) is 2. The summed E-state index contributed by atoms with van der Waals surface area (Å²) in [5.41, 5.74) is 0.840. The Balaban J connectivity index is 1.87. The van der Waals surface area contributed by atoms with Crippen LogP contribution in [-0.2, 0) is 35.3 Å². The summed E-state index contributed by atoms with van der Waals surface area (Å²) in [5.74, 6) is -1.20. The first kappa shape index (κ1) is 25.5. The number of nitrogens with one attached hydrogen (secondary N) is 1. The zero-order chi connectivity index (χ0) is 25.6. The van der Waals surface area contributed by atoms with Crippen LogP contribution in [0.1, 0.15) is 22.3 Å². The first-order valence-electron chi connectivity index (χ1n) is 10.3. The topological polar surface area (TPSA) is 84.9 Å². The maximum atomic E-state index is 13.4. The van der Waals surface area contributed by atoms with Crippen molar-refractivity contribution in [3.8, 4) is 16.9 Å². The average Bonchev–Trinajstić information content (AvgIpc) is 2.81. The number of rotatable bonds is 8. The second kappa shape index (κ2) is 10.9. The molecule has 0 spiro atoms. The van der Waals surface area contributed by atoms with Gasteiger partial charge in [-0.15, -0.1) is 0 Å². The maximum Gasteiger partial charge on any atom is 0.416 e. The number of benzene rings is 3. The Bertz CT molecular complexity index is 1210. The highest BCUT2D eigenvalue weighted by atomic mass is 19.4. The van der Waals surface area contributed by atoms with Crippen molar-refractivity contribution in [1.82, 2.24) is 5.32 Å². The zero-order valence-electron chi connectivity index (χ0n) is 18.5. The lowest BCUT2D eigenvalue weighted by molar-refractivity contribution is -0.138. The summed E-state index contributed by atoms with van der Waals surface area (Å²) in [6, 6.07) is 12.9. The number of amides is 1. The molecule has 3 aromatic carbocycles. The van der Waals surface area contributed by atoms with Crippen LogP contribution in [0.3, 0.4) is 0 Å². The number of carboxylic acids is 1. The monoisotopic (exact) mass is 491 g/mol. The number of hydrogen-bond acceptors (Lipinski definition) is 4. The van der Waals surface area contributed by atoms with E-state index in [1.807, 2.05) is 0 Å². The Kier molecular flexibility index (Phi) is 7.95. The summed E-state index contributed by atoms with van der Waals surface area (Å²) in [6.07, 6.45) is -5.80. The van der Waals surface area contributed by atoms with Crippen molar-refractivity contribution in [3.63, 3.8) is 0 Å². The third kappa shape index (κ3) is 6.95. The maximum absolute atomic E-state index is 13.4. The van der Waals surface area contributed by atoms with Gasteiger partial charge in [0.15, 0.2) is 0 Å².